The third-order valence-electron chi connectivity index (χ3n) is 4.81. The maximum Gasteiger partial charge on any atom is 0.348 e. The van der Waals surface area contributed by atoms with E-state index in [-0.39, 0.29) is 12.5 Å². The Labute approximate surface area is 182 Å². The number of esters is 1. The van der Waals surface area contributed by atoms with Crippen LogP contribution in [-0.2, 0) is 11.3 Å². The topological polar surface area (TPSA) is 83.7 Å². The van der Waals surface area contributed by atoms with E-state index < -0.39 is 5.97 Å². The van der Waals surface area contributed by atoms with Crippen LogP contribution in [0.3, 0.4) is 0 Å². The molecule has 0 N–H and O–H groups in total. The van der Waals surface area contributed by atoms with E-state index in [1.165, 1.54) is 11.3 Å². The lowest BCUT2D eigenvalue weighted by Gasteiger charge is -2.18. The van der Waals surface area contributed by atoms with Gasteiger partial charge in [-0.05, 0) is 48.4 Å². The standard InChI is InChI=1S/C23H18N2O5S/c1-14-4-2-3-5-16(14)22-24-21(30-25-22)13-29-23(26)20-9-8-19(31-20)15-6-7-17-18(12-15)28-11-10-27-17/h2-9,12H,10-11,13H2,1H3. The quantitative estimate of drug-likeness (QED) is 0.413. The molecule has 31 heavy (non-hydrogen) atoms. The first-order chi connectivity index (χ1) is 15.2. The van der Waals surface area contributed by atoms with Crippen LogP contribution in [0.25, 0.3) is 21.8 Å². The van der Waals surface area contributed by atoms with Gasteiger partial charge in [0.15, 0.2) is 18.1 Å². The molecule has 0 fully saturated rings. The second-order valence-electron chi connectivity index (χ2n) is 6.93. The lowest BCUT2D eigenvalue weighted by molar-refractivity contribution is 0.0435. The fraction of sp³-hybridized carbons (Fsp3) is 0.174. The first-order valence-electron chi connectivity index (χ1n) is 9.73. The van der Waals surface area contributed by atoms with Gasteiger partial charge >= 0.3 is 5.97 Å². The van der Waals surface area contributed by atoms with Crippen molar-refractivity contribution >= 4 is 17.3 Å². The summed E-state index contributed by atoms with van der Waals surface area (Å²) in [4.78, 5) is 18.2. The molecule has 0 amide bonds. The zero-order chi connectivity index (χ0) is 21.2. The summed E-state index contributed by atoms with van der Waals surface area (Å²) < 4.78 is 21.8. The number of benzene rings is 2. The highest BCUT2D eigenvalue weighted by molar-refractivity contribution is 7.17. The van der Waals surface area contributed by atoms with Crippen molar-refractivity contribution in [1.29, 1.82) is 0 Å². The van der Waals surface area contributed by atoms with Crippen LogP contribution in [0.2, 0.25) is 0 Å². The van der Waals surface area contributed by atoms with Gasteiger partial charge in [0.1, 0.15) is 18.1 Å². The van der Waals surface area contributed by atoms with Gasteiger partial charge in [-0.2, -0.15) is 4.98 Å². The van der Waals surface area contributed by atoms with E-state index in [2.05, 4.69) is 10.1 Å². The second kappa shape index (κ2) is 8.23. The van der Waals surface area contributed by atoms with E-state index in [0.717, 1.165) is 27.3 Å². The van der Waals surface area contributed by atoms with Gasteiger partial charge in [0.2, 0.25) is 5.82 Å². The van der Waals surface area contributed by atoms with Crippen LogP contribution in [0.5, 0.6) is 11.5 Å². The summed E-state index contributed by atoms with van der Waals surface area (Å²) in [6.45, 7) is 2.96. The summed E-state index contributed by atoms with van der Waals surface area (Å²) >= 11 is 1.35. The lowest BCUT2D eigenvalue weighted by atomic mass is 10.1. The summed E-state index contributed by atoms with van der Waals surface area (Å²) in [6.07, 6.45) is 0. The number of carbonyl (C=O) groups is 1. The molecule has 0 radical (unpaired) electrons. The van der Waals surface area contributed by atoms with Crippen LogP contribution in [-0.4, -0.2) is 29.3 Å². The summed E-state index contributed by atoms with van der Waals surface area (Å²) in [5.74, 6) is 1.72. The highest BCUT2D eigenvalue weighted by Gasteiger charge is 2.17. The molecular weight excluding hydrogens is 416 g/mol. The third kappa shape index (κ3) is 4.02. The molecule has 0 spiro atoms. The van der Waals surface area contributed by atoms with Gasteiger partial charge in [0, 0.05) is 10.4 Å². The Hall–Kier alpha value is -3.65. The first kappa shape index (κ1) is 19.3. The molecular formula is C23H18N2O5S. The number of nitrogens with zero attached hydrogens (tertiary/aromatic N) is 2. The molecule has 0 aliphatic carbocycles. The molecule has 0 bridgehead atoms. The largest absolute Gasteiger partial charge is 0.486 e. The van der Waals surface area contributed by atoms with Gasteiger partial charge in [-0.25, -0.2) is 4.79 Å². The molecule has 1 aliphatic rings. The number of thiophene rings is 1. The maximum atomic E-state index is 12.5. The summed E-state index contributed by atoms with van der Waals surface area (Å²) in [5.41, 5.74) is 2.87. The smallest absolute Gasteiger partial charge is 0.348 e. The number of aromatic nitrogens is 2. The average molecular weight is 434 g/mol. The summed E-state index contributed by atoms with van der Waals surface area (Å²) in [7, 11) is 0. The molecule has 1 aliphatic heterocycles. The minimum absolute atomic E-state index is 0.0883. The number of rotatable bonds is 5. The van der Waals surface area contributed by atoms with E-state index >= 15 is 0 Å². The molecule has 0 saturated carbocycles. The van der Waals surface area contributed by atoms with Crippen molar-refractivity contribution in [3.63, 3.8) is 0 Å². The number of hydrogen-bond acceptors (Lipinski definition) is 8. The number of carbonyl (C=O) groups excluding carboxylic acids is 1. The van der Waals surface area contributed by atoms with Gasteiger partial charge in [0.25, 0.3) is 5.89 Å². The van der Waals surface area contributed by atoms with Gasteiger partial charge < -0.3 is 18.7 Å². The Morgan fingerprint density at radius 1 is 1.06 bits per heavy atom. The van der Waals surface area contributed by atoms with Gasteiger partial charge in [-0.15, -0.1) is 11.3 Å². The number of fused-ring (bicyclic) bond motifs is 1. The van der Waals surface area contributed by atoms with Crippen LogP contribution < -0.4 is 9.47 Å². The number of aryl methyl sites for hydroxylation is 1. The van der Waals surface area contributed by atoms with E-state index in [4.69, 9.17) is 18.7 Å². The molecule has 0 atom stereocenters. The summed E-state index contributed by atoms with van der Waals surface area (Å²) in [6, 6.07) is 17.1. The highest BCUT2D eigenvalue weighted by Crippen LogP contribution is 2.37. The molecule has 3 heterocycles. The van der Waals surface area contributed by atoms with Crippen LogP contribution in [0, 0.1) is 6.92 Å². The predicted octanol–water partition coefficient (Wildman–Crippen LogP) is 4.90. The van der Waals surface area contributed by atoms with Gasteiger partial charge in [-0.1, -0.05) is 29.4 Å². The Balaban J connectivity index is 1.25. The minimum Gasteiger partial charge on any atom is -0.486 e. The van der Waals surface area contributed by atoms with Crippen molar-refractivity contribution in [3.05, 3.63) is 70.9 Å². The summed E-state index contributed by atoms with van der Waals surface area (Å²) in [5, 5.41) is 3.98. The molecule has 2 aromatic carbocycles. The normalized spacial score (nSPS) is 12.5. The SMILES string of the molecule is Cc1ccccc1-c1noc(COC(=O)c2ccc(-c3ccc4c(c3)OCCO4)s2)n1. The second-order valence-corrected chi connectivity index (χ2v) is 8.01. The van der Waals surface area contributed by atoms with Crippen LogP contribution in [0.15, 0.2) is 59.1 Å². The zero-order valence-electron chi connectivity index (χ0n) is 16.7. The van der Waals surface area contributed by atoms with Crippen LogP contribution in [0.4, 0.5) is 0 Å². The molecule has 5 rings (SSSR count). The Bertz CT molecular complexity index is 1250. The zero-order valence-corrected chi connectivity index (χ0v) is 17.5. The lowest BCUT2D eigenvalue weighted by Crippen LogP contribution is -2.15. The van der Waals surface area contributed by atoms with E-state index in [1.807, 2.05) is 55.5 Å². The average Bonchev–Trinajstić information content (AvgIpc) is 3.48. The fourth-order valence-corrected chi connectivity index (χ4v) is 4.14. The molecule has 0 saturated heterocycles. The van der Waals surface area contributed by atoms with E-state index in [1.54, 1.807) is 6.07 Å². The fourth-order valence-electron chi connectivity index (χ4n) is 3.24. The van der Waals surface area contributed by atoms with Crippen LogP contribution in [0.1, 0.15) is 21.1 Å². The van der Waals surface area contributed by atoms with Crippen molar-refractivity contribution in [2.75, 3.05) is 13.2 Å². The highest BCUT2D eigenvalue weighted by atomic mass is 32.1. The van der Waals surface area contributed by atoms with Gasteiger partial charge in [-0.3, -0.25) is 0 Å². The first-order valence-corrected chi connectivity index (χ1v) is 10.5. The van der Waals surface area contributed by atoms with Crippen molar-refractivity contribution in [2.45, 2.75) is 13.5 Å². The van der Waals surface area contributed by atoms with Crippen molar-refractivity contribution < 1.29 is 23.5 Å². The Morgan fingerprint density at radius 2 is 1.90 bits per heavy atom. The van der Waals surface area contributed by atoms with Crippen molar-refractivity contribution in [1.82, 2.24) is 10.1 Å². The third-order valence-corrected chi connectivity index (χ3v) is 5.93. The van der Waals surface area contributed by atoms with Crippen molar-refractivity contribution in [2.24, 2.45) is 0 Å². The predicted molar refractivity (Wildman–Crippen MR) is 114 cm³/mol. The minimum atomic E-state index is -0.440. The van der Waals surface area contributed by atoms with Crippen molar-refractivity contribution in [3.8, 4) is 33.3 Å². The van der Waals surface area contributed by atoms with E-state index in [0.29, 0.717) is 29.7 Å². The Kier molecular flexibility index (Phi) is 5.13. The van der Waals surface area contributed by atoms with E-state index in [9.17, 15) is 4.79 Å². The molecule has 156 valence electrons. The molecule has 7 nitrogen and oxygen atoms in total. The van der Waals surface area contributed by atoms with Gasteiger partial charge in [0.05, 0.1) is 0 Å². The monoisotopic (exact) mass is 434 g/mol. The molecule has 8 heteroatoms. The molecule has 0 unspecified atom stereocenters. The maximum absolute atomic E-state index is 12.5. The number of hydrogen-bond donors (Lipinski definition) is 0. The van der Waals surface area contributed by atoms with Crippen LogP contribution >= 0.6 is 11.3 Å². The molecule has 4 aromatic rings. The number of ether oxygens (including phenoxy) is 3. The Morgan fingerprint density at radius 3 is 2.77 bits per heavy atom. The molecule has 2 aromatic heterocycles.